The molecule has 0 aliphatic carbocycles. The third kappa shape index (κ3) is 2.93. The van der Waals surface area contributed by atoms with E-state index in [4.69, 9.17) is 4.98 Å². The van der Waals surface area contributed by atoms with Gasteiger partial charge in [0.2, 0.25) is 0 Å². The van der Waals surface area contributed by atoms with E-state index < -0.39 is 0 Å². The smallest absolute Gasteiger partial charge is 0.138 e. The second-order valence-electron chi connectivity index (χ2n) is 7.24. The predicted molar refractivity (Wildman–Crippen MR) is 116 cm³/mol. The summed E-state index contributed by atoms with van der Waals surface area (Å²) in [5, 5.41) is 1.00. The number of benzene rings is 2. The number of fused-ring (bicyclic) bond motifs is 2. The monoisotopic (exact) mass is 381 g/mol. The first-order valence-electron chi connectivity index (χ1n) is 9.58. The van der Waals surface area contributed by atoms with Gasteiger partial charge in [-0.1, -0.05) is 43.0 Å². The van der Waals surface area contributed by atoms with Crippen LogP contribution >= 0.6 is 0 Å². The molecule has 4 heteroatoms. The van der Waals surface area contributed by atoms with Gasteiger partial charge in [-0.3, -0.25) is 0 Å². The van der Waals surface area contributed by atoms with Gasteiger partial charge in [-0.15, -0.1) is 0 Å². The van der Waals surface area contributed by atoms with Crippen LogP contribution < -0.4 is 0 Å². The van der Waals surface area contributed by atoms with Gasteiger partial charge in [-0.2, -0.15) is 0 Å². The molecule has 3 aromatic heterocycles. The second kappa shape index (κ2) is 6.74. The molecule has 2 aromatic carbocycles. The first kappa shape index (κ1) is 17.4. The van der Waals surface area contributed by atoms with Crippen molar-refractivity contribution in [3.8, 4) is 11.4 Å². The van der Waals surface area contributed by atoms with Crippen molar-refractivity contribution in [1.82, 2.24) is 14.0 Å². The Morgan fingerprint density at radius 2 is 1.86 bits per heavy atom. The molecule has 5 rings (SSSR count). The Bertz CT molecular complexity index is 1360. The minimum absolute atomic E-state index is 0.237. The lowest BCUT2D eigenvalue weighted by Gasteiger charge is -2.11. The van der Waals surface area contributed by atoms with E-state index in [0.717, 1.165) is 44.8 Å². The minimum atomic E-state index is -0.237. The number of imidazole rings is 1. The third-order valence-corrected chi connectivity index (χ3v) is 5.42. The predicted octanol–water partition coefficient (Wildman–Crippen LogP) is 6.09. The maximum atomic E-state index is 14.1. The molecule has 0 spiro atoms. The van der Waals surface area contributed by atoms with E-state index in [1.807, 2.05) is 48.7 Å². The molecule has 0 amide bonds. The van der Waals surface area contributed by atoms with Crippen molar-refractivity contribution < 1.29 is 4.39 Å². The average Bonchev–Trinajstić information content (AvgIpc) is 3.26. The number of hydrogen-bond donors (Lipinski definition) is 0. The molecule has 0 saturated heterocycles. The zero-order valence-electron chi connectivity index (χ0n) is 16.1. The number of rotatable bonds is 4. The van der Waals surface area contributed by atoms with E-state index in [2.05, 4.69) is 40.7 Å². The molecule has 142 valence electrons. The summed E-state index contributed by atoms with van der Waals surface area (Å²) in [6, 6.07) is 21.3. The summed E-state index contributed by atoms with van der Waals surface area (Å²) in [6.07, 6.45) is 3.83. The molecule has 0 bridgehead atoms. The number of aromatic nitrogens is 3. The SMILES string of the molecule is C=Cc1ccn2c(C)c(-c3cc4ccc(F)cc4n3Cc3ccccc3)nc2c1. The largest absolute Gasteiger partial charge is 0.335 e. The number of aryl methyl sites for hydroxylation is 1. The molecule has 0 aliphatic rings. The van der Waals surface area contributed by atoms with E-state index in [1.165, 1.54) is 6.07 Å². The maximum Gasteiger partial charge on any atom is 0.138 e. The van der Waals surface area contributed by atoms with Crippen LogP contribution in [0, 0.1) is 12.7 Å². The van der Waals surface area contributed by atoms with Gasteiger partial charge in [0.05, 0.1) is 11.2 Å². The number of nitrogens with zero attached hydrogens (tertiary/aromatic N) is 3. The van der Waals surface area contributed by atoms with E-state index in [1.54, 1.807) is 6.07 Å². The van der Waals surface area contributed by atoms with Gasteiger partial charge in [0.25, 0.3) is 0 Å². The second-order valence-corrected chi connectivity index (χ2v) is 7.24. The van der Waals surface area contributed by atoms with Crippen molar-refractivity contribution in [2.24, 2.45) is 0 Å². The van der Waals surface area contributed by atoms with E-state index in [9.17, 15) is 4.39 Å². The molecule has 0 unspecified atom stereocenters. The van der Waals surface area contributed by atoms with Crippen LogP contribution in [0.4, 0.5) is 4.39 Å². The lowest BCUT2D eigenvalue weighted by atomic mass is 10.2. The van der Waals surface area contributed by atoms with Crippen molar-refractivity contribution in [3.63, 3.8) is 0 Å². The van der Waals surface area contributed by atoms with Gasteiger partial charge >= 0.3 is 0 Å². The summed E-state index contributed by atoms with van der Waals surface area (Å²) in [7, 11) is 0. The molecule has 3 heterocycles. The molecule has 3 nitrogen and oxygen atoms in total. The fraction of sp³-hybridized carbons (Fsp3) is 0.0800. The van der Waals surface area contributed by atoms with Crippen molar-refractivity contribution >= 4 is 22.6 Å². The molecule has 0 fully saturated rings. The van der Waals surface area contributed by atoms with Gasteiger partial charge in [-0.25, -0.2) is 9.37 Å². The highest BCUT2D eigenvalue weighted by Gasteiger charge is 2.18. The summed E-state index contributed by atoms with van der Waals surface area (Å²) >= 11 is 0. The van der Waals surface area contributed by atoms with Crippen LogP contribution in [-0.2, 0) is 6.54 Å². The Morgan fingerprint density at radius 1 is 1.03 bits per heavy atom. The molecular weight excluding hydrogens is 361 g/mol. The Hall–Kier alpha value is -3.66. The highest BCUT2D eigenvalue weighted by atomic mass is 19.1. The van der Waals surface area contributed by atoms with Gasteiger partial charge < -0.3 is 8.97 Å². The molecular formula is C25H20FN3. The van der Waals surface area contributed by atoms with Gasteiger partial charge in [0, 0.05) is 23.8 Å². The van der Waals surface area contributed by atoms with Crippen LogP contribution in [0.1, 0.15) is 16.8 Å². The molecule has 0 saturated carbocycles. The fourth-order valence-electron chi connectivity index (χ4n) is 3.91. The van der Waals surface area contributed by atoms with E-state index in [0.29, 0.717) is 6.54 Å². The van der Waals surface area contributed by atoms with Crippen molar-refractivity contribution in [2.45, 2.75) is 13.5 Å². The lowest BCUT2D eigenvalue weighted by Crippen LogP contribution is -2.02. The zero-order chi connectivity index (χ0) is 20.0. The van der Waals surface area contributed by atoms with Crippen LogP contribution in [0.25, 0.3) is 34.0 Å². The van der Waals surface area contributed by atoms with Crippen LogP contribution in [-0.4, -0.2) is 14.0 Å². The lowest BCUT2D eigenvalue weighted by molar-refractivity contribution is 0.628. The zero-order valence-corrected chi connectivity index (χ0v) is 16.1. The molecule has 0 N–H and O–H groups in total. The summed E-state index contributed by atoms with van der Waals surface area (Å²) in [4.78, 5) is 4.91. The molecule has 29 heavy (non-hydrogen) atoms. The highest BCUT2D eigenvalue weighted by Crippen LogP contribution is 2.32. The Labute approximate surface area is 168 Å². The van der Waals surface area contributed by atoms with Gasteiger partial charge in [-0.05, 0) is 54.4 Å². The first-order valence-corrected chi connectivity index (χ1v) is 9.58. The Balaban J connectivity index is 1.76. The molecule has 0 aliphatic heterocycles. The summed E-state index contributed by atoms with van der Waals surface area (Å²) in [5.41, 5.74) is 6.86. The Morgan fingerprint density at radius 3 is 2.66 bits per heavy atom. The van der Waals surface area contributed by atoms with Crippen LogP contribution in [0.3, 0.4) is 0 Å². The fourth-order valence-corrected chi connectivity index (χ4v) is 3.91. The highest BCUT2D eigenvalue weighted by molar-refractivity contribution is 5.87. The van der Waals surface area contributed by atoms with Crippen molar-refractivity contribution in [3.05, 3.63) is 102 Å². The first-order chi connectivity index (χ1) is 14.1. The topological polar surface area (TPSA) is 22.2 Å². The third-order valence-electron chi connectivity index (χ3n) is 5.42. The average molecular weight is 381 g/mol. The molecule has 0 radical (unpaired) electrons. The minimum Gasteiger partial charge on any atom is -0.335 e. The van der Waals surface area contributed by atoms with Crippen LogP contribution in [0.2, 0.25) is 0 Å². The van der Waals surface area contributed by atoms with Gasteiger partial charge in [0.15, 0.2) is 0 Å². The number of hydrogen-bond acceptors (Lipinski definition) is 1. The van der Waals surface area contributed by atoms with Gasteiger partial charge in [0.1, 0.15) is 17.2 Å². The van der Waals surface area contributed by atoms with Crippen LogP contribution in [0.5, 0.6) is 0 Å². The summed E-state index contributed by atoms with van der Waals surface area (Å²) in [5.74, 6) is -0.237. The quantitative estimate of drug-likeness (QED) is 0.369. The van der Waals surface area contributed by atoms with E-state index >= 15 is 0 Å². The van der Waals surface area contributed by atoms with E-state index in [-0.39, 0.29) is 5.82 Å². The van der Waals surface area contributed by atoms with Crippen molar-refractivity contribution in [1.29, 1.82) is 0 Å². The maximum absolute atomic E-state index is 14.1. The Kier molecular flexibility index (Phi) is 4.06. The molecule has 0 atom stereocenters. The van der Waals surface area contributed by atoms with Crippen molar-refractivity contribution in [2.75, 3.05) is 0 Å². The summed E-state index contributed by atoms with van der Waals surface area (Å²) in [6.45, 7) is 6.56. The summed E-state index contributed by atoms with van der Waals surface area (Å²) < 4.78 is 18.3. The number of halogens is 1. The normalized spacial score (nSPS) is 11.4. The standard InChI is InChI=1S/C25H20FN3/c1-3-18-11-12-28-17(2)25(27-24(28)13-18)23-14-20-9-10-21(26)15-22(20)29(23)16-19-7-5-4-6-8-19/h3-15H,1,16H2,2H3. The molecule has 5 aromatic rings. The number of pyridine rings is 1. The van der Waals surface area contributed by atoms with Crippen LogP contribution in [0.15, 0.2) is 79.5 Å².